The molecule has 1 heteroatoms. The number of aryl methyl sites for hydroxylation is 1. The van der Waals surface area contributed by atoms with Gasteiger partial charge < -0.3 is 0 Å². The van der Waals surface area contributed by atoms with Crippen molar-refractivity contribution in [3.63, 3.8) is 0 Å². The van der Waals surface area contributed by atoms with Crippen LogP contribution in [-0.4, -0.2) is 10.2 Å². The van der Waals surface area contributed by atoms with Crippen molar-refractivity contribution in [3.8, 4) is 0 Å². The average molecular weight is 189 g/mol. The second-order valence-corrected chi connectivity index (χ2v) is 4.98. The largest absolute Gasteiger partial charge is 0.0716 e. The Hall–Kier alpha value is -0.563. The van der Waals surface area contributed by atoms with Crippen molar-refractivity contribution in [1.29, 1.82) is 0 Å². The van der Waals surface area contributed by atoms with Crippen molar-refractivity contribution >= 4 is 15.4 Å². The summed E-state index contributed by atoms with van der Waals surface area (Å²) in [7, 11) is 3.68. The molecule has 0 saturated carbocycles. The highest BCUT2D eigenvalue weighted by molar-refractivity contribution is 6.33. The Bertz CT molecular complexity index is 294. The summed E-state index contributed by atoms with van der Waals surface area (Å²) in [5.41, 5.74) is 3.11. The molecular weight excluding hydrogens is 172 g/mol. The Morgan fingerprint density at radius 2 is 1.85 bits per heavy atom. The fraction of sp³-hybridized carbons (Fsp3) is 0.500. The zero-order valence-electron chi connectivity index (χ0n) is 8.94. The fourth-order valence-corrected chi connectivity index (χ4v) is 2.41. The average Bonchev–Trinajstić information content (AvgIpc) is 2.01. The summed E-state index contributed by atoms with van der Waals surface area (Å²) in [6.07, 6.45) is 1.10. The Morgan fingerprint density at radius 3 is 2.23 bits per heavy atom. The number of hydrogen-bond donors (Lipinski definition) is 0. The van der Waals surface area contributed by atoms with E-state index in [0.29, 0.717) is 0 Å². The van der Waals surface area contributed by atoms with Crippen LogP contribution in [-0.2, 0) is 11.8 Å². The van der Waals surface area contributed by atoms with Gasteiger partial charge in [-0.3, -0.25) is 0 Å². The quantitative estimate of drug-likeness (QED) is 0.595. The molecule has 0 heterocycles. The Morgan fingerprint density at radius 1 is 1.23 bits per heavy atom. The molecule has 0 N–H and O–H groups in total. The minimum Gasteiger partial charge on any atom is -0.0635 e. The van der Waals surface area contributed by atoms with Gasteiger partial charge in [-0.1, -0.05) is 51.1 Å². The number of rotatable bonds is 1. The lowest BCUT2D eigenvalue weighted by Crippen LogP contribution is -2.25. The molecule has 0 nitrogen and oxygen atoms in total. The van der Waals surface area contributed by atoms with Gasteiger partial charge in [0.25, 0.3) is 0 Å². The molecule has 0 aliphatic carbocycles. The van der Waals surface area contributed by atoms with Crippen LogP contribution in [0.1, 0.15) is 38.8 Å². The first-order valence-corrected chi connectivity index (χ1v) is 5.30. The summed E-state index contributed by atoms with van der Waals surface area (Å²) in [6, 6.07) is 6.44. The predicted molar refractivity (Wildman–Crippen MR) is 59.9 cm³/mol. The third-order valence-corrected chi connectivity index (χ3v) is 2.70. The maximum Gasteiger partial charge on any atom is 0.0716 e. The van der Waals surface area contributed by atoms with Crippen LogP contribution < -0.4 is 5.19 Å². The highest BCUT2D eigenvalue weighted by Gasteiger charge is 2.18. The summed E-state index contributed by atoms with van der Waals surface area (Å²) >= 11 is 0. The van der Waals surface area contributed by atoms with E-state index in [1.165, 1.54) is 16.3 Å². The minimum absolute atomic E-state index is 0.226. The molecule has 69 valence electrons. The van der Waals surface area contributed by atoms with Gasteiger partial charge in [0.15, 0.2) is 0 Å². The molecule has 1 rings (SSSR count). The number of hydrogen-bond acceptors (Lipinski definition) is 0. The molecule has 0 saturated heterocycles. The van der Waals surface area contributed by atoms with Gasteiger partial charge in [-0.15, -0.1) is 0 Å². The zero-order valence-corrected chi connectivity index (χ0v) is 9.94. The van der Waals surface area contributed by atoms with E-state index in [1.807, 2.05) is 0 Å². The van der Waals surface area contributed by atoms with E-state index < -0.39 is 0 Å². The van der Waals surface area contributed by atoms with Crippen molar-refractivity contribution in [2.75, 3.05) is 0 Å². The van der Waals surface area contributed by atoms with Crippen LogP contribution in [0.5, 0.6) is 0 Å². The first kappa shape index (κ1) is 10.5. The fourth-order valence-electron chi connectivity index (χ4n) is 1.78. The predicted octanol–water partition coefficient (Wildman–Crippen LogP) is 2.34. The van der Waals surface area contributed by atoms with E-state index in [2.05, 4.69) is 56.1 Å². The van der Waals surface area contributed by atoms with E-state index in [0.717, 1.165) is 6.42 Å². The van der Waals surface area contributed by atoms with Gasteiger partial charge in [-0.05, 0) is 23.0 Å². The molecule has 3 radical (unpaired) electrons. The van der Waals surface area contributed by atoms with Crippen molar-refractivity contribution in [3.05, 3.63) is 29.3 Å². The first-order chi connectivity index (χ1) is 5.96. The molecular formula is C12H17Si. The smallest absolute Gasteiger partial charge is 0.0635 e. The van der Waals surface area contributed by atoms with Crippen molar-refractivity contribution in [2.45, 2.75) is 39.5 Å². The first-order valence-electron chi connectivity index (χ1n) is 4.80. The van der Waals surface area contributed by atoms with E-state index in [9.17, 15) is 0 Å². The van der Waals surface area contributed by atoms with Crippen LogP contribution in [0.25, 0.3) is 0 Å². The summed E-state index contributed by atoms with van der Waals surface area (Å²) in [5, 5.41) is 1.23. The van der Waals surface area contributed by atoms with Gasteiger partial charge >= 0.3 is 0 Å². The number of benzene rings is 1. The van der Waals surface area contributed by atoms with E-state index in [1.54, 1.807) is 0 Å². The molecule has 0 spiro atoms. The van der Waals surface area contributed by atoms with Crippen LogP contribution in [0.3, 0.4) is 0 Å². The third-order valence-electron chi connectivity index (χ3n) is 2.28. The topological polar surface area (TPSA) is 0 Å². The van der Waals surface area contributed by atoms with Crippen LogP contribution >= 0.6 is 0 Å². The Labute approximate surface area is 84.8 Å². The monoisotopic (exact) mass is 189 g/mol. The van der Waals surface area contributed by atoms with Crippen LogP contribution in [0, 0.1) is 0 Å². The molecule has 0 bridgehead atoms. The summed E-state index contributed by atoms with van der Waals surface area (Å²) in [4.78, 5) is 0. The normalized spacial score (nSPS) is 11.8. The lowest BCUT2D eigenvalue weighted by Gasteiger charge is -2.25. The van der Waals surface area contributed by atoms with Gasteiger partial charge in [-0.25, -0.2) is 0 Å². The van der Waals surface area contributed by atoms with Crippen molar-refractivity contribution in [2.24, 2.45) is 0 Å². The van der Waals surface area contributed by atoms with Gasteiger partial charge in [-0.2, -0.15) is 0 Å². The molecule has 13 heavy (non-hydrogen) atoms. The summed E-state index contributed by atoms with van der Waals surface area (Å²) in [5.74, 6) is 0. The maximum absolute atomic E-state index is 3.68. The second-order valence-electron chi connectivity index (χ2n) is 4.44. The second kappa shape index (κ2) is 3.67. The summed E-state index contributed by atoms with van der Waals surface area (Å²) < 4.78 is 0. The van der Waals surface area contributed by atoms with Gasteiger partial charge in [0.2, 0.25) is 0 Å². The van der Waals surface area contributed by atoms with Crippen LogP contribution in [0.15, 0.2) is 18.2 Å². The van der Waals surface area contributed by atoms with E-state index >= 15 is 0 Å². The van der Waals surface area contributed by atoms with Crippen molar-refractivity contribution in [1.82, 2.24) is 0 Å². The van der Waals surface area contributed by atoms with Gasteiger partial charge in [0.05, 0.1) is 10.2 Å². The minimum atomic E-state index is 0.226. The Kier molecular flexibility index (Phi) is 2.97. The lowest BCUT2D eigenvalue weighted by molar-refractivity contribution is 0.587. The molecule has 0 aromatic heterocycles. The SMILES string of the molecule is CCc1cccc([Si])c1C(C)(C)C. The lowest BCUT2D eigenvalue weighted by atomic mass is 9.83. The van der Waals surface area contributed by atoms with E-state index in [4.69, 9.17) is 0 Å². The zero-order chi connectivity index (χ0) is 10.1. The molecule has 0 atom stereocenters. The molecule has 1 aromatic rings. The maximum atomic E-state index is 3.68. The van der Waals surface area contributed by atoms with Gasteiger partial charge in [0.1, 0.15) is 0 Å². The highest BCUT2D eigenvalue weighted by atomic mass is 28.1. The van der Waals surface area contributed by atoms with Crippen LogP contribution in [0.2, 0.25) is 0 Å². The summed E-state index contributed by atoms with van der Waals surface area (Å²) in [6.45, 7) is 8.97. The highest BCUT2D eigenvalue weighted by Crippen LogP contribution is 2.23. The third kappa shape index (κ3) is 2.22. The molecule has 0 fully saturated rings. The molecule has 0 aliphatic rings. The Balaban J connectivity index is 3.32. The molecule has 0 unspecified atom stereocenters. The standard InChI is InChI=1S/C12H17Si/c1-5-9-7-6-8-10(13)11(9)12(2,3)4/h6-8H,5H2,1-4H3. The van der Waals surface area contributed by atoms with Crippen LogP contribution in [0.4, 0.5) is 0 Å². The molecule has 1 aromatic carbocycles. The molecule has 0 aliphatic heterocycles. The van der Waals surface area contributed by atoms with E-state index in [-0.39, 0.29) is 5.41 Å². The van der Waals surface area contributed by atoms with Crippen molar-refractivity contribution < 1.29 is 0 Å². The molecule has 0 amide bonds. The van der Waals surface area contributed by atoms with Gasteiger partial charge in [0, 0.05) is 0 Å².